The zero-order valence-electron chi connectivity index (χ0n) is 15.3. The summed E-state index contributed by atoms with van der Waals surface area (Å²) in [5.74, 6) is 0.818. The molecule has 0 bridgehead atoms. The fraction of sp³-hybridized carbons (Fsp3) is 0.882. The normalized spacial score (nSPS) is 25.0. The minimum Gasteiger partial charge on any atom is -0.375 e. The average molecular weight is 340 g/mol. The van der Waals surface area contributed by atoms with Gasteiger partial charge in [-0.2, -0.15) is 0 Å². The monoisotopic (exact) mass is 340 g/mol. The van der Waals surface area contributed by atoms with Gasteiger partial charge in [-0.25, -0.2) is 4.99 Å². The molecule has 0 aromatic rings. The van der Waals surface area contributed by atoms with Crippen LogP contribution in [0.25, 0.3) is 0 Å². The molecule has 2 rings (SSSR count). The number of guanidine groups is 1. The van der Waals surface area contributed by atoms with Crippen molar-refractivity contribution in [1.82, 2.24) is 15.1 Å². The van der Waals surface area contributed by atoms with Gasteiger partial charge in [-0.15, -0.1) is 0 Å². The molecule has 2 aliphatic heterocycles. The molecule has 138 valence electrons. The molecule has 2 atom stereocenters. The molecule has 0 radical (unpaired) electrons. The maximum Gasteiger partial charge on any atom is 0.243 e. The molecule has 1 amide bonds. The van der Waals surface area contributed by atoms with Gasteiger partial charge in [-0.3, -0.25) is 4.79 Å². The SMILES string of the molecule is CCCCNC(=NCC(=O)N(C)C)N1CCOC(C2CCCO2)C1. The van der Waals surface area contributed by atoms with Crippen LogP contribution in [-0.2, 0) is 14.3 Å². The van der Waals surface area contributed by atoms with E-state index in [0.717, 1.165) is 57.9 Å². The molecular weight excluding hydrogens is 308 g/mol. The van der Waals surface area contributed by atoms with E-state index in [4.69, 9.17) is 9.47 Å². The van der Waals surface area contributed by atoms with Crippen LogP contribution in [-0.4, -0.2) is 87.4 Å². The van der Waals surface area contributed by atoms with Crippen molar-refractivity contribution in [3.05, 3.63) is 0 Å². The van der Waals surface area contributed by atoms with E-state index in [1.165, 1.54) is 0 Å². The highest BCUT2D eigenvalue weighted by Gasteiger charge is 2.32. The van der Waals surface area contributed by atoms with E-state index < -0.39 is 0 Å². The van der Waals surface area contributed by atoms with Gasteiger partial charge in [0.2, 0.25) is 5.91 Å². The molecule has 2 heterocycles. The second kappa shape index (κ2) is 9.84. The first kappa shape index (κ1) is 19.0. The van der Waals surface area contributed by atoms with Crippen LogP contribution in [0.15, 0.2) is 4.99 Å². The van der Waals surface area contributed by atoms with Crippen LogP contribution in [0.1, 0.15) is 32.6 Å². The number of morpholine rings is 1. The summed E-state index contributed by atoms with van der Waals surface area (Å²) >= 11 is 0. The number of unbranched alkanes of at least 4 members (excludes halogenated alkanes) is 1. The maximum atomic E-state index is 11.9. The highest BCUT2D eigenvalue weighted by Crippen LogP contribution is 2.21. The number of aliphatic imine (C=N–C) groups is 1. The minimum atomic E-state index is 0.00808. The number of rotatable bonds is 6. The first-order chi connectivity index (χ1) is 11.6. The Morgan fingerprint density at radius 1 is 1.29 bits per heavy atom. The molecule has 2 unspecified atom stereocenters. The number of hydrogen-bond acceptors (Lipinski definition) is 4. The average Bonchev–Trinajstić information content (AvgIpc) is 3.12. The number of hydrogen-bond donors (Lipinski definition) is 1. The number of nitrogens with one attached hydrogen (secondary N) is 1. The molecule has 2 saturated heterocycles. The Morgan fingerprint density at radius 2 is 2.08 bits per heavy atom. The Labute approximate surface area is 145 Å². The van der Waals surface area contributed by atoms with Gasteiger partial charge in [-0.1, -0.05) is 13.3 Å². The number of amides is 1. The second-order valence-electron chi connectivity index (χ2n) is 6.62. The summed E-state index contributed by atoms with van der Waals surface area (Å²) in [6, 6.07) is 0. The molecule has 2 aliphatic rings. The Bertz CT molecular complexity index is 422. The van der Waals surface area contributed by atoms with Gasteiger partial charge in [0, 0.05) is 40.3 Å². The number of carbonyl (C=O) groups excluding carboxylic acids is 1. The van der Waals surface area contributed by atoms with Gasteiger partial charge in [-0.05, 0) is 19.3 Å². The van der Waals surface area contributed by atoms with E-state index in [1.807, 2.05) is 0 Å². The van der Waals surface area contributed by atoms with Crippen molar-refractivity contribution < 1.29 is 14.3 Å². The maximum absolute atomic E-state index is 11.9. The van der Waals surface area contributed by atoms with Gasteiger partial charge in [0.15, 0.2) is 5.96 Å². The summed E-state index contributed by atoms with van der Waals surface area (Å²) in [5, 5.41) is 3.40. The fourth-order valence-electron chi connectivity index (χ4n) is 2.92. The topological polar surface area (TPSA) is 66.4 Å². The van der Waals surface area contributed by atoms with Gasteiger partial charge in [0.05, 0.1) is 12.7 Å². The summed E-state index contributed by atoms with van der Waals surface area (Å²) in [5.41, 5.74) is 0. The molecule has 0 saturated carbocycles. The van der Waals surface area contributed by atoms with Crippen molar-refractivity contribution in [2.75, 3.05) is 53.5 Å². The third kappa shape index (κ3) is 5.63. The second-order valence-corrected chi connectivity index (χ2v) is 6.62. The standard InChI is InChI=1S/C17H32N4O3/c1-4-5-8-18-17(19-12-16(22)20(2)3)21-9-11-24-15(13-21)14-7-6-10-23-14/h14-15H,4-13H2,1-3H3,(H,18,19). The summed E-state index contributed by atoms with van der Waals surface area (Å²) in [6.07, 6.45) is 4.65. The van der Waals surface area contributed by atoms with Crippen LogP contribution in [0.3, 0.4) is 0 Å². The Hall–Kier alpha value is -1.34. The van der Waals surface area contributed by atoms with Crippen molar-refractivity contribution >= 4 is 11.9 Å². The summed E-state index contributed by atoms with van der Waals surface area (Å²) in [4.78, 5) is 20.2. The van der Waals surface area contributed by atoms with E-state index in [0.29, 0.717) is 6.61 Å². The van der Waals surface area contributed by atoms with Gasteiger partial charge >= 0.3 is 0 Å². The lowest BCUT2D eigenvalue weighted by molar-refractivity contribution is -0.127. The molecule has 2 fully saturated rings. The van der Waals surface area contributed by atoms with Crippen LogP contribution in [0, 0.1) is 0 Å². The predicted molar refractivity (Wildman–Crippen MR) is 94.2 cm³/mol. The number of ether oxygens (including phenoxy) is 2. The number of likely N-dealkylation sites (N-methyl/N-ethyl adjacent to an activating group) is 1. The number of carbonyl (C=O) groups is 1. The lowest BCUT2D eigenvalue weighted by Crippen LogP contribution is -2.53. The Kier molecular flexibility index (Phi) is 7.78. The van der Waals surface area contributed by atoms with E-state index in [9.17, 15) is 4.79 Å². The van der Waals surface area contributed by atoms with Crippen molar-refractivity contribution in [2.45, 2.75) is 44.8 Å². The zero-order valence-corrected chi connectivity index (χ0v) is 15.3. The molecule has 0 aliphatic carbocycles. The zero-order chi connectivity index (χ0) is 17.4. The lowest BCUT2D eigenvalue weighted by atomic mass is 10.1. The summed E-state index contributed by atoms with van der Waals surface area (Å²) in [6.45, 7) is 6.25. The molecule has 1 N–H and O–H groups in total. The first-order valence-corrected chi connectivity index (χ1v) is 9.08. The van der Waals surface area contributed by atoms with E-state index >= 15 is 0 Å². The molecule has 0 aromatic heterocycles. The van der Waals surface area contributed by atoms with Crippen molar-refractivity contribution in [2.24, 2.45) is 4.99 Å². The van der Waals surface area contributed by atoms with Crippen LogP contribution in [0.5, 0.6) is 0 Å². The molecule has 0 spiro atoms. The molecule has 24 heavy (non-hydrogen) atoms. The van der Waals surface area contributed by atoms with E-state index in [-0.39, 0.29) is 24.7 Å². The lowest BCUT2D eigenvalue weighted by Gasteiger charge is -2.37. The summed E-state index contributed by atoms with van der Waals surface area (Å²) < 4.78 is 11.7. The molecular formula is C17H32N4O3. The largest absolute Gasteiger partial charge is 0.375 e. The van der Waals surface area contributed by atoms with Crippen molar-refractivity contribution in [3.8, 4) is 0 Å². The fourth-order valence-corrected chi connectivity index (χ4v) is 2.92. The van der Waals surface area contributed by atoms with Crippen LogP contribution >= 0.6 is 0 Å². The predicted octanol–water partition coefficient (Wildman–Crippen LogP) is 0.700. The van der Waals surface area contributed by atoms with Gasteiger partial charge in [0.1, 0.15) is 12.6 Å². The van der Waals surface area contributed by atoms with Crippen molar-refractivity contribution in [1.29, 1.82) is 0 Å². The van der Waals surface area contributed by atoms with E-state index in [1.54, 1.807) is 19.0 Å². The van der Waals surface area contributed by atoms with Crippen LogP contribution in [0.4, 0.5) is 0 Å². The smallest absolute Gasteiger partial charge is 0.243 e. The Balaban J connectivity index is 1.98. The molecule has 7 heteroatoms. The van der Waals surface area contributed by atoms with Crippen LogP contribution in [0.2, 0.25) is 0 Å². The third-order valence-electron chi connectivity index (χ3n) is 4.45. The molecule has 0 aromatic carbocycles. The van der Waals surface area contributed by atoms with Gasteiger partial charge < -0.3 is 24.6 Å². The Morgan fingerprint density at radius 3 is 2.75 bits per heavy atom. The van der Waals surface area contributed by atoms with Crippen LogP contribution < -0.4 is 5.32 Å². The highest BCUT2D eigenvalue weighted by atomic mass is 16.5. The molecule has 7 nitrogen and oxygen atoms in total. The highest BCUT2D eigenvalue weighted by molar-refractivity contribution is 5.84. The quantitative estimate of drug-likeness (QED) is 0.438. The van der Waals surface area contributed by atoms with E-state index in [2.05, 4.69) is 22.1 Å². The van der Waals surface area contributed by atoms with Gasteiger partial charge in [0.25, 0.3) is 0 Å². The summed E-state index contributed by atoms with van der Waals surface area (Å²) in [7, 11) is 3.51. The first-order valence-electron chi connectivity index (χ1n) is 9.08. The third-order valence-corrected chi connectivity index (χ3v) is 4.45. The van der Waals surface area contributed by atoms with Crippen molar-refractivity contribution in [3.63, 3.8) is 0 Å². The number of nitrogens with zero attached hydrogens (tertiary/aromatic N) is 3. The minimum absolute atomic E-state index is 0.00808.